The topological polar surface area (TPSA) is 106 Å². The Morgan fingerprint density at radius 3 is 2.20 bits per heavy atom. The molecule has 0 saturated carbocycles. The average Bonchev–Trinajstić information content (AvgIpc) is 2.77. The molecular formula is C23H22N4O3. The number of nitrogen functional groups attached to an aromatic ring is 1. The highest BCUT2D eigenvalue weighted by Crippen LogP contribution is 2.13. The van der Waals surface area contributed by atoms with Crippen molar-refractivity contribution in [1.82, 2.24) is 5.43 Å². The molecule has 7 nitrogen and oxygen atoms in total. The summed E-state index contributed by atoms with van der Waals surface area (Å²) >= 11 is 0. The second-order valence-electron chi connectivity index (χ2n) is 6.49. The third-order valence-electron chi connectivity index (χ3n) is 4.20. The normalized spacial score (nSPS) is 10.9. The van der Waals surface area contributed by atoms with E-state index >= 15 is 0 Å². The van der Waals surface area contributed by atoms with Gasteiger partial charge in [0.15, 0.2) is 6.61 Å². The quantitative estimate of drug-likeness (QED) is 0.320. The number of carbonyl (C=O) groups excluding carboxylic acids is 2. The van der Waals surface area contributed by atoms with Gasteiger partial charge in [-0.3, -0.25) is 9.59 Å². The number of hydrogen-bond donors (Lipinski definition) is 3. The van der Waals surface area contributed by atoms with E-state index in [4.69, 9.17) is 10.5 Å². The van der Waals surface area contributed by atoms with Gasteiger partial charge < -0.3 is 15.8 Å². The Morgan fingerprint density at radius 1 is 0.900 bits per heavy atom. The predicted molar refractivity (Wildman–Crippen MR) is 118 cm³/mol. The Morgan fingerprint density at radius 2 is 1.53 bits per heavy atom. The number of carbonyl (C=O) groups is 2. The van der Waals surface area contributed by atoms with Gasteiger partial charge in [-0.2, -0.15) is 5.10 Å². The van der Waals surface area contributed by atoms with Crippen molar-refractivity contribution in [2.24, 2.45) is 5.10 Å². The second kappa shape index (κ2) is 9.88. The fourth-order valence-electron chi connectivity index (χ4n) is 2.56. The molecule has 0 saturated heterocycles. The lowest BCUT2D eigenvalue weighted by atomic mass is 10.1. The van der Waals surface area contributed by atoms with Gasteiger partial charge in [0.2, 0.25) is 0 Å². The number of ether oxygens (including phenoxy) is 1. The van der Waals surface area contributed by atoms with Crippen molar-refractivity contribution in [2.45, 2.75) is 6.92 Å². The van der Waals surface area contributed by atoms with E-state index in [1.165, 1.54) is 0 Å². The van der Waals surface area contributed by atoms with Crippen LogP contribution in [0, 0.1) is 0 Å². The Labute approximate surface area is 174 Å². The Kier molecular flexibility index (Phi) is 6.78. The molecule has 3 aromatic carbocycles. The minimum atomic E-state index is -0.321. The van der Waals surface area contributed by atoms with Gasteiger partial charge in [-0.1, -0.05) is 18.2 Å². The molecule has 3 aromatic rings. The first-order chi connectivity index (χ1) is 14.5. The highest BCUT2D eigenvalue weighted by atomic mass is 16.5. The molecular weight excluding hydrogens is 380 g/mol. The molecule has 30 heavy (non-hydrogen) atoms. The zero-order valence-electron chi connectivity index (χ0n) is 16.5. The standard InChI is InChI=1S/C23H22N4O3/c1-16(26-27-23(29)18-7-11-19(24)12-8-18)17-9-13-21(14-10-17)30-15-22(28)25-20-5-3-2-4-6-20/h2-14H,15,24H2,1H3,(H,25,28)(H,27,29)/b26-16-. The van der Waals surface area contributed by atoms with E-state index in [0.717, 1.165) is 5.56 Å². The lowest BCUT2D eigenvalue weighted by molar-refractivity contribution is -0.118. The van der Waals surface area contributed by atoms with Crippen molar-refractivity contribution >= 4 is 28.9 Å². The molecule has 0 aromatic heterocycles. The number of rotatable bonds is 7. The molecule has 7 heteroatoms. The Balaban J connectivity index is 1.51. The Bertz CT molecular complexity index is 1030. The van der Waals surface area contributed by atoms with Gasteiger partial charge in [0, 0.05) is 16.9 Å². The number of nitrogens with two attached hydrogens (primary N) is 1. The van der Waals surface area contributed by atoms with Crippen LogP contribution in [-0.2, 0) is 4.79 Å². The molecule has 3 rings (SSSR count). The number of anilines is 2. The highest BCUT2D eigenvalue weighted by Gasteiger charge is 2.06. The molecule has 0 unspecified atom stereocenters. The number of amides is 2. The minimum Gasteiger partial charge on any atom is -0.484 e. The van der Waals surface area contributed by atoms with Crippen LogP contribution in [0.4, 0.5) is 11.4 Å². The summed E-state index contributed by atoms with van der Waals surface area (Å²) in [6.07, 6.45) is 0. The zero-order valence-corrected chi connectivity index (χ0v) is 16.5. The van der Waals surface area contributed by atoms with Crippen molar-refractivity contribution < 1.29 is 14.3 Å². The summed E-state index contributed by atoms with van der Waals surface area (Å²) in [7, 11) is 0. The summed E-state index contributed by atoms with van der Waals surface area (Å²) in [5, 5.41) is 6.88. The van der Waals surface area contributed by atoms with Gasteiger partial charge in [-0.25, -0.2) is 5.43 Å². The smallest absolute Gasteiger partial charge is 0.271 e. The van der Waals surface area contributed by atoms with Crippen molar-refractivity contribution in [3.8, 4) is 5.75 Å². The van der Waals surface area contributed by atoms with Crippen molar-refractivity contribution in [3.63, 3.8) is 0 Å². The van der Waals surface area contributed by atoms with Crippen LogP contribution in [0.25, 0.3) is 0 Å². The van der Waals surface area contributed by atoms with Crippen LogP contribution in [0.3, 0.4) is 0 Å². The van der Waals surface area contributed by atoms with Crippen molar-refractivity contribution in [2.75, 3.05) is 17.7 Å². The molecule has 0 aliphatic rings. The van der Waals surface area contributed by atoms with Crippen LogP contribution in [0.2, 0.25) is 0 Å². The van der Waals surface area contributed by atoms with Gasteiger partial charge in [-0.05, 0) is 73.2 Å². The molecule has 0 fully saturated rings. The van der Waals surface area contributed by atoms with Gasteiger partial charge in [0.1, 0.15) is 5.75 Å². The van der Waals surface area contributed by atoms with Gasteiger partial charge in [0.25, 0.3) is 11.8 Å². The van der Waals surface area contributed by atoms with Crippen LogP contribution in [-0.4, -0.2) is 24.1 Å². The van der Waals surface area contributed by atoms with Crippen LogP contribution in [0.15, 0.2) is 84.0 Å². The lowest BCUT2D eigenvalue weighted by Crippen LogP contribution is -2.20. The van der Waals surface area contributed by atoms with Crippen molar-refractivity contribution in [1.29, 1.82) is 0 Å². The van der Waals surface area contributed by atoms with E-state index in [2.05, 4.69) is 15.8 Å². The first-order valence-electron chi connectivity index (χ1n) is 9.29. The largest absolute Gasteiger partial charge is 0.484 e. The number of hydrogen-bond acceptors (Lipinski definition) is 5. The number of para-hydroxylation sites is 1. The average molecular weight is 402 g/mol. The van der Waals surface area contributed by atoms with Gasteiger partial charge >= 0.3 is 0 Å². The van der Waals surface area contributed by atoms with Crippen LogP contribution in [0.5, 0.6) is 5.75 Å². The summed E-state index contributed by atoms with van der Waals surface area (Å²) in [5.41, 5.74) is 11.4. The van der Waals surface area contributed by atoms with E-state index in [9.17, 15) is 9.59 Å². The number of benzene rings is 3. The molecule has 0 aliphatic carbocycles. The molecule has 0 spiro atoms. The molecule has 0 radical (unpaired) electrons. The van der Waals surface area contributed by atoms with E-state index in [1.807, 2.05) is 18.2 Å². The maximum Gasteiger partial charge on any atom is 0.271 e. The molecule has 0 atom stereocenters. The van der Waals surface area contributed by atoms with E-state index in [-0.39, 0.29) is 18.4 Å². The first-order valence-corrected chi connectivity index (χ1v) is 9.29. The predicted octanol–water partition coefficient (Wildman–Crippen LogP) is 3.44. The summed E-state index contributed by atoms with van der Waals surface area (Å²) in [6.45, 7) is 1.69. The summed E-state index contributed by atoms with van der Waals surface area (Å²) in [4.78, 5) is 24.1. The van der Waals surface area contributed by atoms with E-state index in [1.54, 1.807) is 67.6 Å². The highest BCUT2D eigenvalue weighted by molar-refractivity contribution is 6.01. The number of nitrogens with zero attached hydrogens (tertiary/aromatic N) is 1. The first kappa shape index (κ1) is 20.6. The summed E-state index contributed by atoms with van der Waals surface area (Å²) < 4.78 is 5.51. The van der Waals surface area contributed by atoms with Gasteiger partial charge in [0.05, 0.1) is 5.71 Å². The third kappa shape index (κ3) is 5.93. The monoisotopic (exact) mass is 402 g/mol. The third-order valence-corrected chi connectivity index (χ3v) is 4.20. The van der Waals surface area contributed by atoms with E-state index in [0.29, 0.717) is 28.4 Å². The van der Waals surface area contributed by atoms with Crippen LogP contribution >= 0.6 is 0 Å². The molecule has 0 aliphatic heterocycles. The summed E-state index contributed by atoms with van der Waals surface area (Å²) in [5.74, 6) is -0.00666. The van der Waals surface area contributed by atoms with Crippen LogP contribution in [0.1, 0.15) is 22.8 Å². The maximum atomic E-state index is 12.1. The molecule has 152 valence electrons. The number of hydrazone groups is 1. The fourth-order valence-corrected chi connectivity index (χ4v) is 2.56. The second-order valence-corrected chi connectivity index (χ2v) is 6.49. The lowest BCUT2D eigenvalue weighted by Gasteiger charge is -2.08. The Hall–Kier alpha value is -4.13. The maximum absolute atomic E-state index is 12.1. The van der Waals surface area contributed by atoms with Crippen LogP contribution < -0.4 is 21.2 Å². The minimum absolute atomic E-state index is 0.0983. The molecule has 0 bridgehead atoms. The zero-order chi connectivity index (χ0) is 21.3. The fraction of sp³-hybridized carbons (Fsp3) is 0.0870. The molecule has 4 N–H and O–H groups in total. The van der Waals surface area contributed by atoms with Crippen molar-refractivity contribution in [3.05, 3.63) is 90.0 Å². The van der Waals surface area contributed by atoms with E-state index < -0.39 is 0 Å². The number of nitrogens with one attached hydrogen (secondary N) is 2. The molecule has 0 heterocycles. The SMILES string of the molecule is C/C(=N/NC(=O)c1ccc(N)cc1)c1ccc(OCC(=O)Nc2ccccc2)cc1. The summed E-state index contributed by atoms with van der Waals surface area (Å²) in [6, 6.07) is 22.9. The molecule has 2 amide bonds. The van der Waals surface area contributed by atoms with Gasteiger partial charge in [-0.15, -0.1) is 0 Å².